The summed E-state index contributed by atoms with van der Waals surface area (Å²) in [7, 11) is 2.19. The molecule has 3 nitrogen and oxygen atoms in total. The van der Waals surface area contributed by atoms with E-state index in [0.717, 1.165) is 18.2 Å². The Bertz CT molecular complexity index is 655. The fourth-order valence-corrected chi connectivity index (χ4v) is 3.33. The predicted octanol–water partition coefficient (Wildman–Crippen LogP) is 3.63. The molecule has 1 saturated heterocycles. The Morgan fingerprint density at radius 1 is 1.00 bits per heavy atom. The second kappa shape index (κ2) is 4.25. The van der Waals surface area contributed by atoms with Crippen molar-refractivity contribution in [1.82, 2.24) is 4.90 Å². The van der Waals surface area contributed by atoms with Gasteiger partial charge in [0.1, 0.15) is 5.75 Å². The van der Waals surface area contributed by atoms with Gasteiger partial charge in [-0.15, -0.1) is 0 Å². The van der Waals surface area contributed by atoms with Gasteiger partial charge >= 0.3 is 0 Å². The summed E-state index contributed by atoms with van der Waals surface area (Å²) < 4.78 is 6.16. The molecule has 20 heavy (non-hydrogen) atoms. The van der Waals surface area contributed by atoms with Gasteiger partial charge in [0.05, 0.1) is 18.4 Å². The second-order valence-electron chi connectivity index (χ2n) is 5.66. The lowest BCUT2D eigenvalue weighted by molar-refractivity contribution is 0.316. The third kappa shape index (κ3) is 1.56. The lowest BCUT2D eigenvalue weighted by Crippen LogP contribution is -2.25. The first kappa shape index (κ1) is 11.8. The quantitative estimate of drug-likeness (QED) is 0.724. The van der Waals surface area contributed by atoms with Crippen LogP contribution < -0.4 is 9.64 Å². The molecule has 3 heteroatoms. The van der Waals surface area contributed by atoms with Gasteiger partial charge in [-0.25, -0.2) is 0 Å². The minimum Gasteiger partial charge on any atom is -0.455 e. The number of nitrogens with zero attached hydrogens (tertiary/aromatic N) is 2. The van der Waals surface area contributed by atoms with Crippen LogP contribution in [0, 0.1) is 0 Å². The molecule has 1 fully saturated rings. The summed E-state index contributed by atoms with van der Waals surface area (Å²) in [4.78, 5) is 4.84. The second-order valence-corrected chi connectivity index (χ2v) is 5.66. The monoisotopic (exact) mass is 266 g/mol. The SMILES string of the molecule is CC1C2c3ccccc3Oc3ccccc3N2CN1C. The van der Waals surface area contributed by atoms with Crippen LogP contribution in [0.3, 0.4) is 0 Å². The van der Waals surface area contributed by atoms with Gasteiger partial charge in [0, 0.05) is 11.6 Å². The molecule has 0 aliphatic carbocycles. The van der Waals surface area contributed by atoms with E-state index in [-0.39, 0.29) is 0 Å². The standard InChI is InChI=1S/C17H18N2O/c1-12-17-13-7-3-5-9-15(13)20-16-10-6-4-8-14(16)19(17)11-18(12)2/h3-10,12,17H,11H2,1-2H3. The number of para-hydroxylation sites is 3. The maximum absolute atomic E-state index is 6.16. The number of hydrogen-bond donors (Lipinski definition) is 0. The van der Waals surface area contributed by atoms with Gasteiger partial charge in [-0.2, -0.15) is 0 Å². The molecule has 0 bridgehead atoms. The van der Waals surface area contributed by atoms with E-state index in [1.54, 1.807) is 0 Å². The third-order valence-electron chi connectivity index (χ3n) is 4.50. The minimum absolute atomic E-state index is 0.347. The summed E-state index contributed by atoms with van der Waals surface area (Å²) in [5.74, 6) is 1.93. The Hall–Kier alpha value is -2.00. The summed E-state index contributed by atoms with van der Waals surface area (Å²) in [5, 5.41) is 0. The number of benzene rings is 2. The Morgan fingerprint density at radius 3 is 2.55 bits per heavy atom. The van der Waals surface area contributed by atoms with E-state index in [4.69, 9.17) is 4.74 Å². The topological polar surface area (TPSA) is 15.7 Å². The summed E-state index contributed by atoms with van der Waals surface area (Å²) in [5.41, 5.74) is 2.46. The summed E-state index contributed by atoms with van der Waals surface area (Å²) in [6.45, 7) is 3.22. The van der Waals surface area contributed by atoms with Crippen LogP contribution >= 0.6 is 0 Å². The molecule has 2 aromatic carbocycles. The van der Waals surface area contributed by atoms with Crippen molar-refractivity contribution in [1.29, 1.82) is 0 Å². The number of ether oxygens (including phenoxy) is 1. The highest BCUT2D eigenvalue weighted by atomic mass is 16.5. The van der Waals surface area contributed by atoms with Gasteiger partial charge in [-0.1, -0.05) is 30.3 Å². The normalized spacial score (nSPS) is 24.4. The van der Waals surface area contributed by atoms with E-state index < -0.39 is 0 Å². The van der Waals surface area contributed by atoms with Crippen LogP contribution in [0.5, 0.6) is 11.5 Å². The van der Waals surface area contributed by atoms with Crippen molar-refractivity contribution in [3.05, 3.63) is 54.1 Å². The van der Waals surface area contributed by atoms with Crippen LogP contribution in [0.15, 0.2) is 48.5 Å². The number of anilines is 1. The molecule has 0 N–H and O–H groups in total. The molecular weight excluding hydrogens is 248 g/mol. The van der Waals surface area contributed by atoms with E-state index >= 15 is 0 Å². The lowest BCUT2D eigenvalue weighted by Gasteiger charge is -2.26. The van der Waals surface area contributed by atoms with Crippen LogP contribution in [0.25, 0.3) is 0 Å². The van der Waals surface area contributed by atoms with Crippen molar-refractivity contribution in [2.45, 2.75) is 19.0 Å². The summed E-state index contributed by atoms with van der Waals surface area (Å²) in [6, 6.07) is 17.5. The fraction of sp³-hybridized carbons (Fsp3) is 0.294. The highest BCUT2D eigenvalue weighted by molar-refractivity contribution is 5.65. The van der Waals surface area contributed by atoms with E-state index in [1.165, 1.54) is 11.3 Å². The zero-order valence-corrected chi connectivity index (χ0v) is 11.8. The van der Waals surface area contributed by atoms with Crippen molar-refractivity contribution in [3.8, 4) is 11.5 Å². The van der Waals surface area contributed by atoms with Gasteiger partial charge in [0.15, 0.2) is 5.75 Å². The molecule has 0 saturated carbocycles. The zero-order valence-electron chi connectivity index (χ0n) is 11.8. The Morgan fingerprint density at radius 2 is 1.70 bits per heavy atom. The van der Waals surface area contributed by atoms with E-state index in [0.29, 0.717) is 12.1 Å². The smallest absolute Gasteiger partial charge is 0.150 e. The highest BCUT2D eigenvalue weighted by Crippen LogP contribution is 2.48. The van der Waals surface area contributed by atoms with Gasteiger partial charge in [-0.05, 0) is 32.2 Å². The molecule has 2 atom stereocenters. The van der Waals surface area contributed by atoms with Crippen LogP contribution in [0.2, 0.25) is 0 Å². The number of rotatable bonds is 0. The molecule has 102 valence electrons. The van der Waals surface area contributed by atoms with E-state index in [9.17, 15) is 0 Å². The molecule has 2 aliphatic heterocycles. The molecule has 2 unspecified atom stereocenters. The van der Waals surface area contributed by atoms with E-state index in [1.807, 2.05) is 12.1 Å². The first-order chi connectivity index (χ1) is 9.75. The van der Waals surface area contributed by atoms with Crippen LogP contribution in [-0.4, -0.2) is 24.7 Å². The highest BCUT2D eigenvalue weighted by Gasteiger charge is 2.40. The summed E-state index contributed by atoms with van der Waals surface area (Å²) >= 11 is 0. The van der Waals surface area contributed by atoms with Crippen molar-refractivity contribution in [3.63, 3.8) is 0 Å². The number of likely N-dealkylation sites (N-methyl/N-ethyl adjacent to an activating group) is 1. The number of fused-ring (bicyclic) bond motifs is 5. The van der Waals surface area contributed by atoms with Crippen molar-refractivity contribution >= 4 is 5.69 Å². The maximum atomic E-state index is 6.16. The van der Waals surface area contributed by atoms with Crippen LogP contribution in [0.4, 0.5) is 5.69 Å². The fourth-order valence-electron chi connectivity index (χ4n) is 3.33. The number of hydrogen-bond acceptors (Lipinski definition) is 3. The molecule has 2 heterocycles. The summed E-state index contributed by atoms with van der Waals surface area (Å²) in [6.07, 6.45) is 0. The first-order valence-electron chi connectivity index (χ1n) is 7.08. The van der Waals surface area contributed by atoms with Gasteiger partial charge in [0.2, 0.25) is 0 Å². The third-order valence-corrected chi connectivity index (χ3v) is 4.50. The zero-order chi connectivity index (χ0) is 13.7. The molecular formula is C17H18N2O. The lowest BCUT2D eigenvalue weighted by atomic mass is 9.99. The van der Waals surface area contributed by atoms with Crippen LogP contribution in [-0.2, 0) is 0 Å². The Labute approximate surface area is 119 Å². The molecule has 4 rings (SSSR count). The molecule has 0 amide bonds. The molecule has 0 radical (unpaired) electrons. The van der Waals surface area contributed by atoms with Crippen molar-refractivity contribution in [2.75, 3.05) is 18.6 Å². The van der Waals surface area contributed by atoms with Crippen molar-refractivity contribution < 1.29 is 4.74 Å². The van der Waals surface area contributed by atoms with Gasteiger partial charge < -0.3 is 9.64 Å². The largest absolute Gasteiger partial charge is 0.455 e. The maximum Gasteiger partial charge on any atom is 0.150 e. The van der Waals surface area contributed by atoms with Crippen molar-refractivity contribution in [2.24, 2.45) is 0 Å². The molecule has 0 spiro atoms. The average molecular weight is 266 g/mol. The Kier molecular flexibility index (Phi) is 2.51. The van der Waals surface area contributed by atoms with Gasteiger partial charge in [-0.3, -0.25) is 4.90 Å². The Balaban J connectivity index is 1.96. The van der Waals surface area contributed by atoms with Gasteiger partial charge in [0.25, 0.3) is 0 Å². The minimum atomic E-state index is 0.347. The molecule has 2 aliphatic rings. The molecule has 2 aromatic rings. The van der Waals surface area contributed by atoms with E-state index in [2.05, 4.69) is 60.2 Å². The predicted molar refractivity (Wildman–Crippen MR) is 80.3 cm³/mol. The first-order valence-corrected chi connectivity index (χ1v) is 7.08. The van der Waals surface area contributed by atoms with Crippen LogP contribution in [0.1, 0.15) is 18.5 Å². The average Bonchev–Trinajstić information content (AvgIpc) is 2.68. The molecule has 0 aromatic heterocycles.